The van der Waals surface area contributed by atoms with Crippen LogP contribution in [-0.2, 0) is 67.0 Å². The molecule has 20 atom stereocenters. The second kappa shape index (κ2) is 38.0. The van der Waals surface area contributed by atoms with Gasteiger partial charge in [0.05, 0.1) is 37.4 Å². The van der Waals surface area contributed by atoms with Crippen LogP contribution in [0.15, 0.2) is 0 Å². The highest BCUT2D eigenvalue weighted by Crippen LogP contribution is 2.44. The minimum absolute atomic E-state index is 0.00817. The lowest BCUT2D eigenvalue weighted by molar-refractivity contribution is -0.152. The number of amides is 4. The zero-order chi connectivity index (χ0) is 71.4. The zero-order valence-electron chi connectivity index (χ0n) is 58.1. The molecule has 0 unspecified atom stereocenters. The van der Waals surface area contributed by atoms with Crippen molar-refractivity contribution in [1.82, 2.24) is 40.9 Å². The summed E-state index contributed by atoms with van der Waals surface area (Å²) in [5, 5.41) is 67.8. The molecule has 10 N–H and O–H groups in total. The molecular weight excluding hydrogens is 1250 g/mol. The number of rotatable bonds is 26. The number of nitrogens with zero attached hydrogens (tertiary/aromatic N) is 4. The van der Waals surface area contributed by atoms with Crippen LogP contribution in [0.5, 0.6) is 0 Å². The fourth-order valence-electron chi connectivity index (χ4n) is 16.3. The Bertz CT molecular complexity index is 2690. The van der Waals surface area contributed by atoms with E-state index in [9.17, 15) is 83.1 Å². The molecule has 0 bridgehead atoms. The lowest BCUT2D eigenvalue weighted by atomic mass is 9.84. The summed E-state index contributed by atoms with van der Waals surface area (Å²) in [5.74, 6) is -6.62. The monoisotopic (exact) mass is 1360 g/mol. The van der Waals surface area contributed by atoms with E-state index in [1.165, 1.54) is 16.7 Å². The maximum atomic E-state index is 13.1. The summed E-state index contributed by atoms with van der Waals surface area (Å²) in [6.07, 6.45) is 20.3. The van der Waals surface area contributed by atoms with Crippen molar-refractivity contribution in [2.75, 3.05) is 13.2 Å². The number of fused-ring (bicyclic) bond motifs is 4. The van der Waals surface area contributed by atoms with Gasteiger partial charge in [0.1, 0.15) is 48.3 Å². The third kappa shape index (κ3) is 20.8. The van der Waals surface area contributed by atoms with Crippen LogP contribution in [0.3, 0.4) is 0 Å². The first-order valence-electron chi connectivity index (χ1n) is 35.5. The second-order valence-electron chi connectivity index (χ2n) is 27.6. The third-order valence-corrected chi connectivity index (χ3v) is 20.9. The van der Waals surface area contributed by atoms with Crippen LogP contribution in [0.1, 0.15) is 223 Å². The molecule has 8 aliphatic rings. The quantitative estimate of drug-likeness (QED) is 0.0495. The highest BCUT2D eigenvalue weighted by Gasteiger charge is 2.53. The lowest BCUT2D eigenvalue weighted by Gasteiger charge is -2.35. The first-order valence-corrected chi connectivity index (χ1v) is 35.5. The molecule has 8 rings (SSSR count). The number of carboxylic acid groups (broad SMARTS) is 6. The van der Waals surface area contributed by atoms with Gasteiger partial charge < -0.3 is 59.7 Å². The van der Waals surface area contributed by atoms with Crippen molar-refractivity contribution in [2.45, 2.75) is 320 Å². The number of hydrogen-bond acceptors (Lipinski definition) is 18. The molecule has 0 aromatic carbocycles. The van der Waals surface area contributed by atoms with Gasteiger partial charge in [0.15, 0.2) is 0 Å². The van der Waals surface area contributed by atoms with Crippen molar-refractivity contribution in [2.24, 2.45) is 23.7 Å². The molecule has 4 aliphatic heterocycles. The standard InChI is InChI=1S/C19H32N2O5.2C17H28N2O5.C15H24N2O5/c1-4-8-14(19(25)26-5-2)20-12(3)17(22)21-15-10-7-6-9-13(15)11-16(21)18(23)24;1-4-24-17(23)11(3)18-10(2)15(20)19-13-8-6-5-7-12(13)9-14(19)16(21)22;1-3-6-12(16(21)22)18-10(2)15(20)19-13-8-5-4-7-11(13)9-14(19)17(23)24;1-8(16-9(2)14(19)20)13(18)17-11-6-4-3-5-10(11)7-12(17)15(21)22/h12-16,20H,4-11H2,1-3H3,(H,23,24);10-14,18H,4-9H2,1-3H3,(H,21,22);10-14,18H,3-9H2,1-2H3,(H,21,22)(H,23,24);8-12,16H,3-7H2,1-2H3,(H,19,20)(H,21,22)/t12-,13-,14-,15-,16-;2*10-,11-,12-,13-,14-;8-,9-,10-,11-,12-/m0000/s1. The fraction of sp³-hybridized carbons (Fsp3) is 0.824. The van der Waals surface area contributed by atoms with Gasteiger partial charge in [0.2, 0.25) is 23.6 Å². The number of ether oxygens (including phenoxy) is 2. The summed E-state index contributed by atoms with van der Waals surface area (Å²) >= 11 is 0. The fourth-order valence-corrected chi connectivity index (χ4v) is 16.3. The van der Waals surface area contributed by atoms with Crippen LogP contribution >= 0.6 is 0 Å². The summed E-state index contributed by atoms with van der Waals surface area (Å²) in [6.45, 7) is 17.6. The molecule has 0 aromatic heterocycles. The summed E-state index contributed by atoms with van der Waals surface area (Å²) in [4.78, 5) is 150. The highest BCUT2D eigenvalue weighted by atomic mass is 16.5. The molecule has 28 nitrogen and oxygen atoms in total. The van der Waals surface area contributed by atoms with Crippen molar-refractivity contribution in [3.63, 3.8) is 0 Å². The molecule has 96 heavy (non-hydrogen) atoms. The Balaban J connectivity index is 0.000000232. The minimum Gasteiger partial charge on any atom is -0.480 e. The van der Waals surface area contributed by atoms with Crippen LogP contribution in [0.4, 0.5) is 0 Å². The van der Waals surface area contributed by atoms with E-state index >= 15 is 0 Å². The molecule has 4 saturated heterocycles. The van der Waals surface area contributed by atoms with Gasteiger partial charge in [0.25, 0.3) is 0 Å². The van der Waals surface area contributed by atoms with Gasteiger partial charge in [-0.3, -0.25) is 59.6 Å². The van der Waals surface area contributed by atoms with E-state index in [2.05, 4.69) is 21.3 Å². The van der Waals surface area contributed by atoms with E-state index in [1.54, 1.807) is 58.3 Å². The molecule has 4 amide bonds. The Labute approximate surface area is 564 Å². The van der Waals surface area contributed by atoms with E-state index in [-0.39, 0.29) is 84.0 Å². The number of aliphatic carboxylic acids is 6. The van der Waals surface area contributed by atoms with E-state index in [1.807, 2.05) is 13.8 Å². The average molecular weight is 1360 g/mol. The summed E-state index contributed by atoms with van der Waals surface area (Å²) in [5.41, 5.74) is 0. The Hall–Kier alpha value is -6.52. The van der Waals surface area contributed by atoms with Gasteiger partial charge in [-0.25, -0.2) is 19.2 Å². The van der Waals surface area contributed by atoms with Crippen molar-refractivity contribution >= 4 is 71.4 Å². The molecular formula is C68H112N8O20. The predicted octanol–water partition coefficient (Wildman–Crippen LogP) is 5.25. The van der Waals surface area contributed by atoms with Gasteiger partial charge in [-0.1, -0.05) is 78.1 Å². The molecule has 4 heterocycles. The number of nitrogens with one attached hydrogen (secondary N) is 4. The zero-order valence-corrected chi connectivity index (χ0v) is 58.1. The molecule has 544 valence electrons. The van der Waals surface area contributed by atoms with Crippen molar-refractivity contribution in [3.8, 4) is 0 Å². The largest absolute Gasteiger partial charge is 0.480 e. The maximum Gasteiger partial charge on any atom is 0.326 e. The average Bonchev–Trinajstić information content (AvgIpc) is 1.65. The van der Waals surface area contributed by atoms with Crippen LogP contribution in [-0.4, -0.2) is 232 Å². The van der Waals surface area contributed by atoms with E-state index < -0.39 is 114 Å². The Morgan fingerprint density at radius 2 is 0.604 bits per heavy atom. The van der Waals surface area contributed by atoms with Gasteiger partial charge in [-0.05, 0) is 169 Å². The Morgan fingerprint density at radius 1 is 0.344 bits per heavy atom. The third-order valence-electron chi connectivity index (χ3n) is 20.9. The second-order valence-corrected chi connectivity index (χ2v) is 27.6. The number of carbonyl (C=O) groups excluding carboxylic acids is 6. The van der Waals surface area contributed by atoms with Crippen LogP contribution in [0, 0.1) is 23.7 Å². The molecule has 8 fully saturated rings. The molecule has 4 aliphatic carbocycles. The molecule has 28 heteroatoms. The smallest absolute Gasteiger partial charge is 0.326 e. The van der Waals surface area contributed by atoms with Gasteiger partial charge in [-0.2, -0.15) is 0 Å². The Morgan fingerprint density at radius 3 is 0.875 bits per heavy atom. The normalized spacial score (nSPS) is 28.9. The molecule has 0 aromatic rings. The number of likely N-dealkylation sites (tertiary alicyclic amines) is 4. The molecule has 0 spiro atoms. The molecule has 0 radical (unpaired) electrons. The summed E-state index contributed by atoms with van der Waals surface area (Å²) in [7, 11) is 0. The van der Waals surface area contributed by atoms with Crippen molar-refractivity contribution in [1.29, 1.82) is 0 Å². The van der Waals surface area contributed by atoms with E-state index in [0.29, 0.717) is 51.6 Å². The van der Waals surface area contributed by atoms with Gasteiger partial charge >= 0.3 is 47.8 Å². The summed E-state index contributed by atoms with van der Waals surface area (Å²) < 4.78 is 10.0. The van der Waals surface area contributed by atoms with Crippen molar-refractivity contribution < 1.29 is 97.6 Å². The van der Waals surface area contributed by atoms with Crippen LogP contribution in [0.2, 0.25) is 0 Å². The topological polar surface area (TPSA) is 406 Å². The van der Waals surface area contributed by atoms with Crippen molar-refractivity contribution in [3.05, 3.63) is 0 Å². The maximum absolute atomic E-state index is 13.1. The number of hydrogen-bond donors (Lipinski definition) is 10. The Kier molecular flexibility index (Phi) is 31.7. The first-order chi connectivity index (χ1) is 45.4. The number of esters is 2. The van der Waals surface area contributed by atoms with Gasteiger partial charge in [-0.15, -0.1) is 0 Å². The van der Waals surface area contributed by atoms with Crippen LogP contribution < -0.4 is 21.3 Å². The highest BCUT2D eigenvalue weighted by molar-refractivity contribution is 5.91. The first kappa shape index (κ1) is 80.2. The summed E-state index contributed by atoms with van der Waals surface area (Å²) in [6, 6.07) is -8.60. The minimum atomic E-state index is -1.04. The SMILES string of the molecule is CCC[C@H](N[C@@H](C)C(=O)N1[C@H](C(=O)O)C[C@@H]2CCCC[C@@H]21)C(=O)O.CCC[C@H](N[C@@H](C)C(=O)N1[C@H](C(=O)O)C[C@@H]2CCCC[C@@H]21)C(=O)OCC.CCOC(=O)[C@H](C)N[C@@H](C)C(=O)N1[C@H](C(=O)O)C[C@@H]2CCCC[C@@H]21.C[C@H](N[C@@H](C)C(=O)N1[C@H](C(=O)O)C[C@@H]2CCCC[C@@H]21)C(=O)O. The van der Waals surface area contributed by atoms with Gasteiger partial charge in [0, 0.05) is 24.2 Å². The van der Waals surface area contributed by atoms with Crippen LogP contribution in [0.25, 0.3) is 0 Å². The number of carboxylic acids is 6. The lowest BCUT2D eigenvalue weighted by Crippen LogP contribution is -2.55. The molecule has 4 saturated carbocycles. The van der Waals surface area contributed by atoms with E-state index in [0.717, 1.165) is 109 Å². The van der Waals surface area contributed by atoms with E-state index in [4.69, 9.17) is 14.6 Å². The number of carbonyl (C=O) groups is 12. The predicted molar refractivity (Wildman–Crippen MR) is 350 cm³/mol.